The van der Waals surface area contributed by atoms with Crippen molar-refractivity contribution in [1.29, 1.82) is 0 Å². The molecule has 0 aliphatic carbocycles. The predicted octanol–water partition coefficient (Wildman–Crippen LogP) is 1.32. The molecule has 0 saturated heterocycles. The molecule has 1 heterocycles. The Kier molecular flexibility index (Phi) is 4.81. The van der Waals surface area contributed by atoms with Gasteiger partial charge in [-0.25, -0.2) is 0 Å². The van der Waals surface area contributed by atoms with Crippen LogP contribution in [0, 0.1) is 0 Å². The Labute approximate surface area is 121 Å². The van der Waals surface area contributed by atoms with Gasteiger partial charge in [0.2, 0.25) is 0 Å². The van der Waals surface area contributed by atoms with Crippen LogP contribution in [-0.4, -0.2) is 33.3 Å². The summed E-state index contributed by atoms with van der Waals surface area (Å²) in [5.74, 6) is 0.738. The summed E-state index contributed by atoms with van der Waals surface area (Å²) in [6.45, 7) is 6.40. The molecule has 0 saturated carbocycles. The number of rotatable bonds is 5. The number of halogens is 1. The predicted molar refractivity (Wildman–Crippen MR) is 77.9 cm³/mol. The third-order valence-corrected chi connectivity index (χ3v) is 3.47. The summed E-state index contributed by atoms with van der Waals surface area (Å²) in [6.07, 6.45) is 4.06. The van der Waals surface area contributed by atoms with Gasteiger partial charge in [-0.05, 0) is 48.5 Å². The third-order valence-electron chi connectivity index (χ3n) is 2.94. The smallest absolute Gasteiger partial charge is 0.185 e. The molecule has 0 bridgehead atoms. The van der Waals surface area contributed by atoms with E-state index in [-0.39, 0.29) is 0 Å². The van der Waals surface area contributed by atoms with Gasteiger partial charge in [0, 0.05) is 10.5 Å². The number of tetrazole rings is 1. The highest BCUT2D eigenvalue weighted by atomic mass is 79.9. The van der Waals surface area contributed by atoms with Crippen LogP contribution in [0.5, 0.6) is 0 Å². The lowest BCUT2D eigenvalue weighted by molar-refractivity contribution is -0.841. The molecule has 100 valence electrons. The van der Waals surface area contributed by atoms with Gasteiger partial charge in [-0.1, -0.05) is 15.9 Å². The molecule has 1 N–H and O–H groups in total. The first-order chi connectivity index (χ1) is 9.24. The monoisotopic (exact) mass is 322 g/mol. The van der Waals surface area contributed by atoms with Crippen LogP contribution in [0.15, 0.2) is 34.9 Å². The summed E-state index contributed by atoms with van der Waals surface area (Å²) in [4.78, 5) is 1.38. The maximum Gasteiger partial charge on any atom is 0.185 e. The van der Waals surface area contributed by atoms with Gasteiger partial charge in [0.05, 0.1) is 25.0 Å². The van der Waals surface area contributed by atoms with Crippen LogP contribution in [0.25, 0.3) is 11.8 Å². The number of nitrogens with one attached hydrogen (secondary N) is 1. The van der Waals surface area contributed by atoms with Gasteiger partial charge in [0.25, 0.3) is 0 Å². The SMILES string of the molecule is CC[NH+](/C=C/c1nnnn1-c1ccc(Br)cc1)CC. The van der Waals surface area contributed by atoms with Gasteiger partial charge in [0.15, 0.2) is 5.82 Å². The number of benzene rings is 1. The second-order valence-electron chi connectivity index (χ2n) is 4.12. The van der Waals surface area contributed by atoms with E-state index in [0.29, 0.717) is 0 Å². The second kappa shape index (κ2) is 6.58. The Hall–Kier alpha value is -1.53. The van der Waals surface area contributed by atoms with E-state index in [1.54, 1.807) is 4.68 Å². The second-order valence-corrected chi connectivity index (χ2v) is 5.04. The molecule has 5 nitrogen and oxygen atoms in total. The van der Waals surface area contributed by atoms with Crippen molar-refractivity contribution in [2.75, 3.05) is 13.1 Å². The quantitative estimate of drug-likeness (QED) is 0.903. The first kappa shape index (κ1) is 13.9. The van der Waals surface area contributed by atoms with E-state index >= 15 is 0 Å². The number of hydrogen-bond donors (Lipinski definition) is 1. The lowest BCUT2D eigenvalue weighted by Gasteiger charge is -2.08. The first-order valence-electron chi connectivity index (χ1n) is 6.31. The van der Waals surface area contributed by atoms with Crippen molar-refractivity contribution in [2.45, 2.75) is 13.8 Å². The molecule has 0 radical (unpaired) electrons. The number of quaternary nitrogens is 1. The molecule has 0 aliphatic rings. The molecule has 0 spiro atoms. The lowest BCUT2D eigenvalue weighted by Crippen LogP contribution is -3.06. The zero-order chi connectivity index (χ0) is 13.7. The topological polar surface area (TPSA) is 48.0 Å². The third kappa shape index (κ3) is 3.48. The normalized spacial score (nSPS) is 11.6. The van der Waals surface area contributed by atoms with Crippen molar-refractivity contribution in [3.8, 4) is 5.69 Å². The van der Waals surface area contributed by atoms with Gasteiger partial charge < -0.3 is 4.90 Å². The van der Waals surface area contributed by atoms with E-state index < -0.39 is 0 Å². The number of hydrogen-bond acceptors (Lipinski definition) is 3. The van der Waals surface area contributed by atoms with Crippen molar-refractivity contribution in [3.63, 3.8) is 0 Å². The molecular formula is C13H17BrN5+. The van der Waals surface area contributed by atoms with Crippen molar-refractivity contribution in [2.24, 2.45) is 0 Å². The van der Waals surface area contributed by atoms with E-state index in [4.69, 9.17) is 0 Å². The molecule has 0 amide bonds. The van der Waals surface area contributed by atoms with Crippen LogP contribution < -0.4 is 4.90 Å². The number of aromatic nitrogens is 4. The molecule has 0 aliphatic heterocycles. The van der Waals surface area contributed by atoms with Gasteiger partial charge in [-0.2, -0.15) is 4.68 Å². The van der Waals surface area contributed by atoms with E-state index in [0.717, 1.165) is 29.1 Å². The van der Waals surface area contributed by atoms with E-state index in [9.17, 15) is 0 Å². The van der Waals surface area contributed by atoms with Crippen molar-refractivity contribution < 1.29 is 4.90 Å². The zero-order valence-electron chi connectivity index (χ0n) is 11.0. The van der Waals surface area contributed by atoms with Crippen molar-refractivity contribution in [3.05, 3.63) is 40.8 Å². The lowest BCUT2D eigenvalue weighted by atomic mass is 10.3. The average Bonchev–Trinajstić information content (AvgIpc) is 2.89. The van der Waals surface area contributed by atoms with E-state index in [2.05, 4.69) is 51.5 Å². The van der Waals surface area contributed by atoms with Gasteiger partial charge in [-0.3, -0.25) is 0 Å². The summed E-state index contributed by atoms with van der Waals surface area (Å²) >= 11 is 3.42. The molecule has 0 unspecified atom stereocenters. The highest BCUT2D eigenvalue weighted by Gasteiger charge is 2.06. The Bertz CT molecular complexity index is 542. The molecule has 0 fully saturated rings. The first-order valence-corrected chi connectivity index (χ1v) is 7.11. The minimum absolute atomic E-state index is 0.738. The molecule has 2 rings (SSSR count). The summed E-state index contributed by atoms with van der Waals surface area (Å²) in [5, 5.41) is 11.8. The Morgan fingerprint density at radius 3 is 2.53 bits per heavy atom. The van der Waals surface area contributed by atoms with Crippen molar-refractivity contribution in [1.82, 2.24) is 20.2 Å². The fraction of sp³-hybridized carbons (Fsp3) is 0.308. The van der Waals surface area contributed by atoms with Crippen LogP contribution in [0.1, 0.15) is 19.7 Å². The molecule has 2 aromatic rings. The Morgan fingerprint density at radius 2 is 1.89 bits per heavy atom. The van der Waals surface area contributed by atoms with E-state index in [1.807, 2.05) is 30.3 Å². The van der Waals surface area contributed by atoms with Crippen LogP contribution in [0.4, 0.5) is 0 Å². The molecular weight excluding hydrogens is 306 g/mol. The summed E-state index contributed by atoms with van der Waals surface area (Å²) in [5.41, 5.74) is 0.947. The summed E-state index contributed by atoms with van der Waals surface area (Å²) in [7, 11) is 0. The van der Waals surface area contributed by atoms with E-state index in [1.165, 1.54) is 4.90 Å². The molecule has 1 aromatic heterocycles. The largest absolute Gasteiger partial charge is 0.309 e. The summed E-state index contributed by atoms with van der Waals surface area (Å²) in [6, 6.07) is 7.89. The zero-order valence-corrected chi connectivity index (χ0v) is 12.6. The molecule has 19 heavy (non-hydrogen) atoms. The maximum absolute atomic E-state index is 4.05. The summed E-state index contributed by atoms with van der Waals surface area (Å²) < 4.78 is 2.76. The molecule has 6 heteroatoms. The average molecular weight is 323 g/mol. The van der Waals surface area contributed by atoms with Crippen LogP contribution in [0.2, 0.25) is 0 Å². The number of nitrogens with zero attached hydrogens (tertiary/aromatic N) is 4. The Morgan fingerprint density at radius 1 is 1.21 bits per heavy atom. The highest BCUT2D eigenvalue weighted by molar-refractivity contribution is 9.10. The van der Waals surface area contributed by atoms with Gasteiger partial charge in [0.1, 0.15) is 0 Å². The fourth-order valence-electron chi connectivity index (χ4n) is 1.74. The van der Waals surface area contributed by atoms with Crippen LogP contribution >= 0.6 is 15.9 Å². The van der Waals surface area contributed by atoms with Crippen LogP contribution in [0.3, 0.4) is 0 Å². The minimum atomic E-state index is 0.738. The highest BCUT2D eigenvalue weighted by Crippen LogP contribution is 2.14. The molecule has 1 aromatic carbocycles. The standard InChI is InChI=1S/C13H16BrN5/c1-3-18(4-2)10-9-13-15-16-17-19(13)12-7-5-11(14)6-8-12/h5-10H,3-4H2,1-2H3/p+1/b10-9+. The maximum atomic E-state index is 4.05. The van der Waals surface area contributed by atoms with Gasteiger partial charge >= 0.3 is 0 Å². The minimum Gasteiger partial charge on any atom is -0.309 e. The Balaban J connectivity index is 2.25. The van der Waals surface area contributed by atoms with Crippen LogP contribution in [-0.2, 0) is 0 Å². The van der Waals surface area contributed by atoms with Crippen molar-refractivity contribution >= 4 is 22.0 Å². The fourth-order valence-corrected chi connectivity index (χ4v) is 2.01. The molecule has 0 atom stereocenters. The van der Waals surface area contributed by atoms with Gasteiger partial charge in [-0.15, -0.1) is 5.10 Å².